The second kappa shape index (κ2) is 7.82. The monoisotopic (exact) mass is 337 g/mol. The van der Waals surface area contributed by atoms with Gasteiger partial charge < -0.3 is 10.1 Å². The number of nitrogens with one attached hydrogen (secondary N) is 1. The zero-order valence-corrected chi connectivity index (χ0v) is 13.9. The van der Waals surface area contributed by atoms with Crippen LogP contribution in [0.2, 0.25) is 0 Å². The maximum atomic E-state index is 12.0. The normalized spacial score (nSPS) is 19.2. The molecule has 0 radical (unpaired) electrons. The maximum absolute atomic E-state index is 12.0. The number of hydrogen-bond donors (Lipinski definition) is 1. The van der Waals surface area contributed by atoms with Gasteiger partial charge in [-0.15, -0.1) is 22.7 Å². The predicted molar refractivity (Wildman–Crippen MR) is 88.3 cm³/mol. The molecule has 1 amide bonds. The van der Waals surface area contributed by atoms with Gasteiger partial charge in [-0.2, -0.15) is 0 Å². The summed E-state index contributed by atoms with van der Waals surface area (Å²) < 4.78 is 5.74. The Hall–Kier alpha value is -1.28. The third-order valence-electron chi connectivity index (χ3n) is 3.52. The van der Waals surface area contributed by atoms with Gasteiger partial charge in [-0.3, -0.25) is 9.69 Å². The van der Waals surface area contributed by atoms with Crippen LogP contribution in [0.15, 0.2) is 29.1 Å². The molecule has 1 atom stereocenters. The number of amides is 1. The summed E-state index contributed by atoms with van der Waals surface area (Å²) in [7, 11) is 0. The maximum Gasteiger partial charge on any atom is 0.234 e. The highest BCUT2D eigenvalue weighted by molar-refractivity contribution is 7.10. The van der Waals surface area contributed by atoms with Crippen molar-refractivity contribution in [2.45, 2.75) is 12.5 Å². The number of aromatic nitrogens is 1. The number of carbonyl (C=O) groups excluding carboxylic acids is 1. The highest BCUT2D eigenvalue weighted by Crippen LogP contribution is 2.23. The van der Waals surface area contributed by atoms with E-state index in [1.54, 1.807) is 28.9 Å². The fourth-order valence-corrected chi connectivity index (χ4v) is 3.81. The van der Waals surface area contributed by atoms with Crippen LogP contribution < -0.4 is 5.32 Å². The molecule has 22 heavy (non-hydrogen) atoms. The Morgan fingerprint density at radius 1 is 1.45 bits per heavy atom. The van der Waals surface area contributed by atoms with Gasteiger partial charge in [-0.1, -0.05) is 6.07 Å². The minimum absolute atomic E-state index is 0.00679. The first kappa shape index (κ1) is 15.6. The molecule has 0 bridgehead atoms. The Morgan fingerprint density at radius 3 is 3.18 bits per heavy atom. The van der Waals surface area contributed by atoms with E-state index in [9.17, 15) is 4.79 Å². The van der Waals surface area contributed by atoms with E-state index in [4.69, 9.17) is 4.74 Å². The van der Waals surface area contributed by atoms with Crippen molar-refractivity contribution in [1.29, 1.82) is 0 Å². The van der Waals surface area contributed by atoms with E-state index in [0.717, 1.165) is 24.5 Å². The third kappa shape index (κ3) is 4.36. The van der Waals surface area contributed by atoms with Crippen molar-refractivity contribution < 1.29 is 9.53 Å². The Labute approximate surface area is 137 Å². The fraction of sp³-hybridized carbons (Fsp3) is 0.467. The Kier molecular flexibility index (Phi) is 5.55. The molecule has 0 unspecified atom stereocenters. The molecule has 3 rings (SSSR count). The number of hydrogen-bond acceptors (Lipinski definition) is 6. The number of carbonyl (C=O) groups is 1. The summed E-state index contributed by atoms with van der Waals surface area (Å²) in [5.41, 5.74) is 0. The zero-order chi connectivity index (χ0) is 15.2. The zero-order valence-electron chi connectivity index (χ0n) is 12.2. The van der Waals surface area contributed by atoms with Crippen LogP contribution in [0.4, 0.5) is 0 Å². The van der Waals surface area contributed by atoms with Crippen LogP contribution in [0.3, 0.4) is 0 Å². The van der Waals surface area contributed by atoms with E-state index in [1.807, 2.05) is 11.4 Å². The van der Waals surface area contributed by atoms with E-state index < -0.39 is 0 Å². The fourth-order valence-electron chi connectivity index (χ4n) is 2.43. The van der Waals surface area contributed by atoms with Gasteiger partial charge in [-0.25, -0.2) is 4.98 Å². The standard InChI is InChI=1S/C15H19N3O2S2/c19-14(16-4-3-12-2-1-8-21-12)11-18-6-7-20-13(10-18)15-17-5-9-22-15/h1-2,5,8-9,13H,3-4,6-7,10-11H2,(H,16,19)/t13-/m1/s1. The van der Waals surface area contributed by atoms with Crippen LogP contribution in [-0.4, -0.2) is 48.6 Å². The summed E-state index contributed by atoms with van der Waals surface area (Å²) in [4.78, 5) is 19.8. The molecule has 3 heterocycles. The van der Waals surface area contributed by atoms with Gasteiger partial charge in [0.2, 0.25) is 5.91 Å². The molecule has 1 N–H and O–H groups in total. The molecule has 118 valence electrons. The second-order valence-electron chi connectivity index (χ2n) is 5.14. The number of morpholine rings is 1. The van der Waals surface area contributed by atoms with Crippen molar-refractivity contribution in [2.24, 2.45) is 0 Å². The lowest BCUT2D eigenvalue weighted by atomic mass is 10.2. The summed E-state index contributed by atoms with van der Waals surface area (Å²) >= 11 is 3.33. The quantitative estimate of drug-likeness (QED) is 0.875. The van der Waals surface area contributed by atoms with Crippen LogP contribution in [-0.2, 0) is 16.0 Å². The van der Waals surface area contributed by atoms with Crippen molar-refractivity contribution in [3.05, 3.63) is 39.0 Å². The van der Waals surface area contributed by atoms with E-state index in [1.165, 1.54) is 4.88 Å². The lowest BCUT2D eigenvalue weighted by Crippen LogP contribution is -2.44. The van der Waals surface area contributed by atoms with Gasteiger partial charge in [-0.05, 0) is 17.9 Å². The first-order chi connectivity index (χ1) is 10.8. The third-order valence-corrected chi connectivity index (χ3v) is 5.32. The first-order valence-corrected chi connectivity index (χ1v) is 9.09. The Bertz CT molecular complexity index is 572. The molecule has 7 heteroatoms. The van der Waals surface area contributed by atoms with Crippen molar-refractivity contribution in [3.8, 4) is 0 Å². The topological polar surface area (TPSA) is 54.5 Å². The van der Waals surface area contributed by atoms with Crippen LogP contribution in [0.25, 0.3) is 0 Å². The summed E-state index contributed by atoms with van der Waals surface area (Å²) in [6.07, 6.45) is 2.68. The second-order valence-corrected chi connectivity index (χ2v) is 7.10. The summed E-state index contributed by atoms with van der Waals surface area (Å²) in [6.45, 7) is 3.29. The smallest absolute Gasteiger partial charge is 0.234 e. The van der Waals surface area contributed by atoms with Gasteiger partial charge in [0.25, 0.3) is 0 Å². The highest BCUT2D eigenvalue weighted by atomic mass is 32.1. The Morgan fingerprint density at radius 2 is 2.41 bits per heavy atom. The lowest BCUT2D eigenvalue weighted by Gasteiger charge is -2.31. The van der Waals surface area contributed by atoms with Crippen LogP contribution in [0.5, 0.6) is 0 Å². The first-order valence-electron chi connectivity index (χ1n) is 7.33. The molecule has 1 saturated heterocycles. The number of thiazole rings is 1. The van der Waals surface area contributed by atoms with Gasteiger partial charge in [0, 0.05) is 36.1 Å². The molecular formula is C15H19N3O2S2. The van der Waals surface area contributed by atoms with Gasteiger partial charge in [0.05, 0.1) is 13.2 Å². The molecular weight excluding hydrogens is 318 g/mol. The molecule has 0 aromatic carbocycles. The molecule has 0 saturated carbocycles. The minimum atomic E-state index is -0.00679. The average molecular weight is 337 g/mol. The molecule has 2 aromatic rings. The van der Waals surface area contributed by atoms with Gasteiger partial charge in [0.15, 0.2) is 0 Å². The molecule has 0 spiro atoms. The number of rotatable bonds is 6. The average Bonchev–Trinajstić information content (AvgIpc) is 3.21. The molecule has 1 fully saturated rings. The Balaban J connectivity index is 1.41. The number of thiophene rings is 1. The van der Waals surface area contributed by atoms with E-state index in [0.29, 0.717) is 19.7 Å². The van der Waals surface area contributed by atoms with E-state index in [-0.39, 0.29) is 12.0 Å². The largest absolute Gasteiger partial charge is 0.368 e. The molecule has 2 aromatic heterocycles. The summed E-state index contributed by atoms with van der Waals surface area (Å²) in [6, 6.07) is 4.13. The number of nitrogens with zero attached hydrogens (tertiary/aromatic N) is 2. The van der Waals surface area contributed by atoms with E-state index >= 15 is 0 Å². The number of ether oxygens (including phenoxy) is 1. The van der Waals surface area contributed by atoms with Crippen LogP contribution in [0, 0.1) is 0 Å². The van der Waals surface area contributed by atoms with Crippen molar-refractivity contribution in [3.63, 3.8) is 0 Å². The summed E-state index contributed by atoms with van der Waals surface area (Å²) in [5, 5.41) is 7.99. The van der Waals surface area contributed by atoms with Crippen molar-refractivity contribution >= 4 is 28.6 Å². The SMILES string of the molecule is O=C(CN1CCO[C@@H](c2nccs2)C1)NCCc1cccs1. The minimum Gasteiger partial charge on any atom is -0.368 e. The van der Waals surface area contributed by atoms with Crippen molar-refractivity contribution in [1.82, 2.24) is 15.2 Å². The van der Waals surface area contributed by atoms with Crippen LogP contribution >= 0.6 is 22.7 Å². The molecule has 0 aliphatic carbocycles. The predicted octanol–water partition coefficient (Wildman–Crippen LogP) is 1.94. The molecule has 1 aliphatic rings. The van der Waals surface area contributed by atoms with Crippen LogP contribution in [0.1, 0.15) is 16.0 Å². The lowest BCUT2D eigenvalue weighted by molar-refractivity contribution is -0.124. The van der Waals surface area contributed by atoms with Gasteiger partial charge in [0.1, 0.15) is 11.1 Å². The molecule has 1 aliphatic heterocycles. The van der Waals surface area contributed by atoms with E-state index in [2.05, 4.69) is 26.6 Å². The summed E-state index contributed by atoms with van der Waals surface area (Å²) in [5.74, 6) is 0.0799. The van der Waals surface area contributed by atoms with Gasteiger partial charge >= 0.3 is 0 Å². The highest BCUT2D eigenvalue weighted by Gasteiger charge is 2.24. The van der Waals surface area contributed by atoms with Crippen molar-refractivity contribution in [2.75, 3.05) is 32.8 Å². The molecule has 5 nitrogen and oxygen atoms in total.